The number of benzene rings is 1. The number of hydrogen-bond acceptors (Lipinski definition) is 5. The average Bonchev–Trinajstić information content (AvgIpc) is 2.43. The molecule has 0 spiro atoms. The normalized spacial score (nSPS) is 12.7. The Morgan fingerprint density at radius 1 is 1.38 bits per heavy atom. The molecule has 118 valence electrons. The first-order valence-electron chi connectivity index (χ1n) is 7.23. The fourth-order valence-electron chi connectivity index (χ4n) is 2.60. The molecule has 0 saturated heterocycles. The van der Waals surface area contributed by atoms with Gasteiger partial charge in [-0.05, 0) is 33.1 Å². The number of nitrogens with one attached hydrogen (secondary N) is 1. The summed E-state index contributed by atoms with van der Waals surface area (Å²) in [5.74, 6) is 0. The second-order valence-electron chi connectivity index (χ2n) is 5.49. The van der Waals surface area contributed by atoms with Crippen molar-refractivity contribution in [2.24, 2.45) is 0 Å². The molecule has 1 aromatic carbocycles. The van der Waals surface area contributed by atoms with E-state index in [1.54, 1.807) is 13.1 Å². The Morgan fingerprint density at radius 3 is 2.52 bits per heavy atom. The molecule has 1 aromatic rings. The zero-order valence-corrected chi connectivity index (χ0v) is 13.6. The van der Waals surface area contributed by atoms with Crippen LogP contribution in [-0.4, -0.2) is 55.0 Å². The number of para-hydroxylation sites is 1. The summed E-state index contributed by atoms with van der Waals surface area (Å²) in [5, 5.41) is 14.1. The minimum absolute atomic E-state index is 0.131. The predicted molar refractivity (Wildman–Crippen MR) is 86.7 cm³/mol. The SMILES string of the molecule is CCN(Cc1cccc([N+](=O)[O-])c1NC)C(C)CN(C)C. The van der Waals surface area contributed by atoms with Crippen LogP contribution in [0.3, 0.4) is 0 Å². The zero-order valence-electron chi connectivity index (χ0n) is 13.6. The molecule has 6 nitrogen and oxygen atoms in total. The van der Waals surface area contributed by atoms with E-state index in [0.29, 0.717) is 18.3 Å². The molecule has 1 atom stereocenters. The largest absolute Gasteiger partial charge is 0.382 e. The summed E-state index contributed by atoms with van der Waals surface area (Å²) in [7, 11) is 5.83. The smallest absolute Gasteiger partial charge is 0.292 e. The lowest BCUT2D eigenvalue weighted by molar-refractivity contribution is -0.384. The van der Waals surface area contributed by atoms with E-state index in [4.69, 9.17) is 0 Å². The number of rotatable bonds is 8. The van der Waals surface area contributed by atoms with Gasteiger partial charge in [-0.15, -0.1) is 0 Å². The Morgan fingerprint density at radius 2 is 2.05 bits per heavy atom. The Balaban J connectivity index is 2.99. The van der Waals surface area contributed by atoms with E-state index < -0.39 is 0 Å². The Kier molecular flexibility index (Phi) is 6.58. The van der Waals surface area contributed by atoms with Crippen LogP contribution < -0.4 is 5.32 Å². The monoisotopic (exact) mass is 294 g/mol. The van der Waals surface area contributed by atoms with Crippen molar-refractivity contribution in [3.63, 3.8) is 0 Å². The highest BCUT2D eigenvalue weighted by atomic mass is 16.6. The summed E-state index contributed by atoms with van der Waals surface area (Å²) in [6.45, 7) is 6.85. The number of likely N-dealkylation sites (N-methyl/N-ethyl adjacent to an activating group) is 2. The van der Waals surface area contributed by atoms with Crippen molar-refractivity contribution < 1.29 is 4.92 Å². The zero-order chi connectivity index (χ0) is 16.0. The van der Waals surface area contributed by atoms with Crippen LogP contribution in [0.25, 0.3) is 0 Å². The lowest BCUT2D eigenvalue weighted by Crippen LogP contribution is -2.39. The maximum absolute atomic E-state index is 11.1. The molecule has 1 rings (SSSR count). The third-order valence-electron chi connectivity index (χ3n) is 3.61. The molecule has 1 unspecified atom stereocenters. The number of nitro groups is 1. The molecule has 0 fully saturated rings. The van der Waals surface area contributed by atoms with E-state index in [0.717, 1.165) is 18.7 Å². The fraction of sp³-hybridized carbons (Fsp3) is 0.600. The Labute approximate surface area is 126 Å². The summed E-state index contributed by atoms with van der Waals surface area (Å²) in [4.78, 5) is 15.2. The van der Waals surface area contributed by atoms with E-state index in [1.165, 1.54) is 6.07 Å². The summed E-state index contributed by atoms with van der Waals surface area (Å²) in [5.41, 5.74) is 1.70. The van der Waals surface area contributed by atoms with Gasteiger partial charge in [0.1, 0.15) is 5.69 Å². The molecular formula is C15H26N4O2. The molecule has 0 aliphatic rings. The molecule has 0 aliphatic carbocycles. The fourth-order valence-corrected chi connectivity index (χ4v) is 2.60. The van der Waals surface area contributed by atoms with Crippen LogP contribution >= 0.6 is 0 Å². The van der Waals surface area contributed by atoms with E-state index in [2.05, 4.69) is 43.1 Å². The number of nitrogens with zero attached hydrogens (tertiary/aromatic N) is 3. The van der Waals surface area contributed by atoms with Gasteiger partial charge < -0.3 is 10.2 Å². The molecule has 0 aliphatic heterocycles. The molecule has 0 bridgehead atoms. The molecule has 0 aromatic heterocycles. The summed E-state index contributed by atoms with van der Waals surface area (Å²) in [6.07, 6.45) is 0. The van der Waals surface area contributed by atoms with Crippen LogP contribution in [0.2, 0.25) is 0 Å². The lowest BCUT2D eigenvalue weighted by atomic mass is 10.1. The van der Waals surface area contributed by atoms with E-state index in [1.807, 2.05) is 6.07 Å². The lowest BCUT2D eigenvalue weighted by Gasteiger charge is -2.30. The van der Waals surface area contributed by atoms with Crippen molar-refractivity contribution in [3.05, 3.63) is 33.9 Å². The molecule has 21 heavy (non-hydrogen) atoms. The van der Waals surface area contributed by atoms with Crippen molar-refractivity contribution >= 4 is 11.4 Å². The highest BCUT2D eigenvalue weighted by Gasteiger charge is 2.19. The van der Waals surface area contributed by atoms with Crippen LogP contribution in [0.15, 0.2) is 18.2 Å². The first-order chi connectivity index (χ1) is 9.90. The van der Waals surface area contributed by atoms with Crippen molar-refractivity contribution in [1.29, 1.82) is 0 Å². The van der Waals surface area contributed by atoms with Crippen LogP contribution in [0, 0.1) is 10.1 Å². The van der Waals surface area contributed by atoms with Gasteiger partial charge in [0, 0.05) is 32.2 Å². The van der Waals surface area contributed by atoms with Crippen molar-refractivity contribution in [1.82, 2.24) is 9.80 Å². The van der Waals surface area contributed by atoms with Gasteiger partial charge in [0.25, 0.3) is 5.69 Å². The van der Waals surface area contributed by atoms with Gasteiger partial charge in [0.2, 0.25) is 0 Å². The minimum atomic E-state index is -0.338. The van der Waals surface area contributed by atoms with Crippen molar-refractivity contribution in [2.45, 2.75) is 26.4 Å². The second kappa shape index (κ2) is 7.95. The Hall–Kier alpha value is -1.66. The summed E-state index contributed by atoms with van der Waals surface area (Å²) >= 11 is 0. The predicted octanol–water partition coefficient (Wildman–Crippen LogP) is 2.41. The number of hydrogen-bond donors (Lipinski definition) is 1. The topological polar surface area (TPSA) is 61.6 Å². The van der Waals surface area contributed by atoms with E-state index in [-0.39, 0.29) is 10.6 Å². The second-order valence-corrected chi connectivity index (χ2v) is 5.49. The summed E-state index contributed by atoms with van der Waals surface area (Å²) in [6, 6.07) is 5.62. The molecule has 1 N–H and O–H groups in total. The first kappa shape index (κ1) is 17.4. The van der Waals surface area contributed by atoms with Gasteiger partial charge in [-0.3, -0.25) is 15.0 Å². The first-order valence-corrected chi connectivity index (χ1v) is 7.23. The third kappa shape index (κ3) is 4.68. The quantitative estimate of drug-likeness (QED) is 0.589. The molecule has 6 heteroatoms. The molecule has 0 amide bonds. The van der Waals surface area contributed by atoms with Crippen LogP contribution in [0.1, 0.15) is 19.4 Å². The maximum atomic E-state index is 11.1. The van der Waals surface area contributed by atoms with Gasteiger partial charge >= 0.3 is 0 Å². The summed E-state index contributed by atoms with van der Waals surface area (Å²) < 4.78 is 0. The molecule has 0 heterocycles. The van der Waals surface area contributed by atoms with Gasteiger partial charge in [-0.25, -0.2) is 0 Å². The van der Waals surface area contributed by atoms with Crippen molar-refractivity contribution in [3.8, 4) is 0 Å². The van der Waals surface area contributed by atoms with E-state index >= 15 is 0 Å². The van der Waals surface area contributed by atoms with Gasteiger partial charge in [0.05, 0.1) is 4.92 Å². The number of nitro benzene ring substituents is 1. The van der Waals surface area contributed by atoms with Gasteiger partial charge in [-0.1, -0.05) is 19.1 Å². The maximum Gasteiger partial charge on any atom is 0.292 e. The molecule has 0 radical (unpaired) electrons. The van der Waals surface area contributed by atoms with E-state index in [9.17, 15) is 10.1 Å². The molecular weight excluding hydrogens is 268 g/mol. The van der Waals surface area contributed by atoms with Crippen LogP contribution in [-0.2, 0) is 6.54 Å². The van der Waals surface area contributed by atoms with Crippen molar-refractivity contribution in [2.75, 3.05) is 39.5 Å². The Bertz CT molecular complexity index is 477. The standard InChI is InChI=1S/C15H26N4O2/c1-6-18(12(2)10-17(4)5)11-13-8-7-9-14(19(20)21)15(13)16-3/h7-9,12,16H,6,10-11H2,1-5H3. The third-order valence-corrected chi connectivity index (χ3v) is 3.61. The van der Waals surface area contributed by atoms with Crippen LogP contribution in [0.4, 0.5) is 11.4 Å². The van der Waals surface area contributed by atoms with Gasteiger partial charge in [0.15, 0.2) is 0 Å². The van der Waals surface area contributed by atoms with Gasteiger partial charge in [-0.2, -0.15) is 0 Å². The minimum Gasteiger partial charge on any atom is -0.382 e. The highest BCUT2D eigenvalue weighted by molar-refractivity contribution is 5.66. The average molecular weight is 294 g/mol. The van der Waals surface area contributed by atoms with Crippen LogP contribution in [0.5, 0.6) is 0 Å². The molecule has 0 saturated carbocycles. The highest BCUT2D eigenvalue weighted by Crippen LogP contribution is 2.29. The number of anilines is 1.